The van der Waals surface area contributed by atoms with Crippen molar-refractivity contribution in [2.24, 2.45) is 0 Å². The summed E-state index contributed by atoms with van der Waals surface area (Å²) in [5.41, 5.74) is 7.50. The van der Waals surface area contributed by atoms with Gasteiger partial charge in [0.15, 0.2) is 0 Å². The van der Waals surface area contributed by atoms with Gasteiger partial charge in [-0.2, -0.15) is 0 Å². The van der Waals surface area contributed by atoms with Gasteiger partial charge in [-0.1, -0.05) is 0 Å². The Morgan fingerprint density at radius 2 is 1.88 bits per heavy atom. The second-order valence-corrected chi connectivity index (χ2v) is 4.27. The monoisotopic (exact) mass is 238 g/mol. The van der Waals surface area contributed by atoms with Crippen LogP contribution in [0.4, 0.5) is 10.1 Å². The van der Waals surface area contributed by atoms with Crippen LogP contribution in [0.1, 0.15) is 30.4 Å². The Kier molecular flexibility index (Phi) is 4.94. The molecule has 17 heavy (non-hydrogen) atoms. The van der Waals surface area contributed by atoms with E-state index in [0.29, 0.717) is 0 Å². The van der Waals surface area contributed by atoms with Gasteiger partial charge in [0.2, 0.25) is 5.91 Å². The number of nitrogens with one attached hydrogen (secondary N) is 1. The second-order valence-electron chi connectivity index (χ2n) is 4.27. The molecule has 1 amide bonds. The van der Waals surface area contributed by atoms with E-state index in [9.17, 15) is 9.18 Å². The topological polar surface area (TPSA) is 55.1 Å². The molecule has 0 aromatic heterocycles. The zero-order chi connectivity index (χ0) is 12.8. The number of aryl methyl sites for hydroxylation is 2. The van der Waals surface area contributed by atoms with Crippen LogP contribution >= 0.6 is 0 Å². The Hall–Kier alpha value is -1.58. The molecule has 2 rings (SSSR count). The molecule has 1 saturated heterocycles. The van der Waals surface area contributed by atoms with E-state index in [0.717, 1.165) is 36.9 Å². The number of piperidine rings is 1. The Balaban J connectivity index is 0.000000181. The lowest BCUT2D eigenvalue weighted by Crippen LogP contribution is -2.28. The van der Waals surface area contributed by atoms with Crippen molar-refractivity contribution in [3.8, 4) is 0 Å². The molecule has 1 aliphatic heterocycles. The Morgan fingerprint density at radius 3 is 2.29 bits per heavy atom. The summed E-state index contributed by atoms with van der Waals surface area (Å²) in [7, 11) is 0. The molecule has 0 bridgehead atoms. The highest BCUT2D eigenvalue weighted by molar-refractivity contribution is 5.76. The van der Waals surface area contributed by atoms with Gasteiger partial charge in [0, 0.05) is 13.0 Å². The maximum Gasteiger partial charge on any atom is 0.219 e. The van der Waals surface area contributed by atoms with Crippen LogP contribution in [0.15, 0.2) is 12.1 Å². The number of halogens is 1. The van der Waals surface area contributed by atoms with Crippen molar-refractivity contribution in [1.29, 1.82) is 0 Å². The molecule has 1 fully saturated rings. The maximum atomic E-state index is 12.6. The molecule has 0 aliphatic carbocycles. The Labute approximate surface area is 101 Å². The van der Waals surface area contributed by atoms with Gasteiger partial charge in [-0.25, -0.2) is 4.39 Å². The van der Waals surface area contributed by atoms with Crippen LogP contribution in [-0.2, 0) is 4.79 Å². The van der Waals surface area contributed by atoms with Crippen LogP contribution in [-0.4, -0.2) is 12.5 Å². The molecule has 1 heterocycles. The molecular formula is C13H19FN2O. The first-order chi connectivity index (χ1) is 8.00. The van der Waals surface area contributed by atoms with E-state index in [1.165, 1.54) is 6.07 Å². The van der Waals surface area contributed by atoms with Crippen molar-refractivity contribution < 1.29 is 9.18 Å². The van der Waals surface area contributed by atoms with Gasteiger partial charge in [-0.3, -0.25) is 4.79 Å². The van der Waals surface area contributed by atoms with E-state index in [1.807, 2.05) is 13.8 Å². The molecule has 1 aromatic carbocycles. The third-order valence-corrected chi connectivity index (χ3v) is 2.77. The van der Waals surface area contributed by atoms with Crippen molar-refractivity contribution in [3.63, 3.8) is 0 Å². The molecule has 1 aromatic rings. The third-order valence-electron chi connectivity index (χ3n) is 2.77. The predicted molar refractivity (Wildman–Crippen MR) is 67.1 cm³/mol. The summed E-state index contributed by atoms with van der Waals surface area (Å²) in [5, 5.41) is 2.74. The summed E-state index contributed by atoms with van der Waals surface area (Å²) >= 11 is 0. The minimum absolute atomic E-state index is 0.214. The summed E-state index contributed by atoms with van der Waals surface area (Å²) in [5.74, 6) is -0.116. The first-order valence-electron chi connectivity index (χ1n) is 5.79. The van der Waals surface area contributed by atoms with Gasteiger partial charge in [0.05, 0.1) is 5.69 Å². The average molecular weight is 238 g/mol. The lowest BCUT2D eigenvalue weighted by atomic mass is 10.1. The highest BCUT2D eigenvalue weighted by Gasteiger charge is 2.04. The minimum Gasteiger partial charge on any atom is -0.396 e. The smallest absolute Gasteiger partial charge is 0.219 e. The third kappa shape index (κ3) is 4.43. The van der Waals surface area contributed by atoms with Crippen molar-refractivity contribution in [2.75, 3.05) is 12.3 Å². The van der Waals surface area contributed by atoms with E-state index in [-0.39, 0.29) is 17.4 Å². The van der Waals surface area contributed by atoms with E-state index in [4.69, 9.17) is 5.73 Å². The summed E-state index contributed by atoms with van der Waals surface area (Å²) < 4.78 is 12.6. The van der Waals surface area contributed by atoms with Gasteiger partial charge in [-0.15, -0.1) is 0 Å². The van der Waals surface area contributed by atoms with Gasteiger partial charge in [0.25, 0.3) is 0 Å². The molecule has 94 valence electrons. The number of anilines is 1. The van der Waals surface area contributed by atoms with E-state index < -0.39 is 0 Å². The quantitative estimate of drug-likeness (QED) is 0.681. The van der Waals surface area contributed by atoms with Crippen LogP contribution in [0.2, 0.25) is 0 Å². The van der Waals surface area contributed by atoms with Gasteiger partial charge >= 0.3 is 0 Å². The van der Waals surface area contributed by atoms with Crippen LogP contribution in [0.25, 0.3) is 0 Å². The fourth-order valence-corrected chi connectivity index (χ4v) is 1.53. The summed E-state index contributed by atoms with van der Waals surface area (Å²) in [4.78, 5) is 10.4. The number of hydrogen-bond donors (Lipinski definition) is 2. The molecule has 1 aliphatic rings. The average Bonchev–Trinajstić information content (AvgIpc) is 2.28. The number of rotatable bonds is 0. The van der Waals surface area contributed by atoms with Crippen LogP contribution in [0.3, 0.4) is 0 Å². The summed E-state index contributed by atoms with van der Waals surface area (Å²) in [6.45, 7) is 4.65. The van der Waals surface area contributed by atoms with E-state index >= 15 is 0 Å². The SMILES string of the molecule is Cc1cc(N)c(F)cc1C.O=C1CCCCN1. The van der Waals surface area contributed by atoms with E-state index in [1.54, 1.807) is 6.07 Å². The predicted octanol–water partition coefficient (Wildman–Crippen LogP) is 2.31. The van der Waals surface area contributed by atoms with Gasteiger partial charge in [-0.05, 0) is 49.9 Å². The molecule has 0 unspecified atom stereocenters. The lowest BCUT2D eigenvalue weighted by Gasteiger charge is -2.08. The molecule has 0 atom stereocenters. The Morgan fingerprint density at radius 1 is 1.24 bits per heavy atom. The summed E-state index contributed by atoms with van der Waals surface area (Å²) in [6.07, 6.45) is 2.97. The molecule has 0 radical (unpaired) electrons. The van der Waals surface area contributed by atoms with Crippen molar-refractivity contribution in [3.05, 3.63) is 29.1 Å². The highest BCUT2D eigenvalue weighted by Crippen LogP contribution is 2.15. The lowest BCUT2D eigenvalue weighted by molar-refractivity contribution is -0.122. The number of nitrogens with two attached hydrogens (primary N) is 1. The standard InChI is InChI=1S/C8H10FN.C5H9NO/c1-5-3-7(9)8(10)4-6(5)2;7-5-3-1-2-4-6-5/h3-4H,10H2,1-2H3;1-4H2,(H,6,7). The van der Waals surface area contributed by atoms with E-state index in [2.05, 4.69) is 5.32 Å². The number of carbonyl (C=O) groups excluding carboxylic acids is 1. The zero-order valence-corrected chi connectivity index (χ0v) is 10.3. The van der Waals surface area contributed by atoms with Crippen LogP contribution < -0.4 is 11.1 Å². The number of nitrogen functional groups attached to an aromatic ring is 1. The molecule has 0 saturated carbocycles. The molecule has 3 N–H and O–H groups in total. The molecule has 3 nitrogen and oxygen atoms in total. The van der Waals surface area contributed by atoms with Gasteiger partial charge in [0.1, 0.15) is 5.82 Å². The van der Waals surface area contributed by atoms with Crippen molar-refractivity contribution >= 4 is 11.6 Å². The number of benzene rings is 1. The first-order valence-corrected chi connectivity index (χ1v) is 5.79. The molecular weight excluding hydrogens is 219 g/mol. The minimum atomic E-state index is -0.330. The second kappa shape index (κ2) is 6.23. The fourth-order valence-electron chi connectivity index (χ4n) is 1.53. The van der Waals surface area contributed by atoms with Gasteiger partial charge < -0.3 is 11.1 Å². The zero-order valence-electron chi connectivity index (χ0n) is 10.3. The number of amides is 1. The molecule has 4 heteroatoms. The number of carbonyl (C=O) groups is 1. The van der Waals surface area contributed by atoms with Crippen molar-refractivity contribution in [1.82, 2.24) is 5.32 Å². The number of hydrogen-bond acceptors (Lipinski definition) is 2. The largest absolute Gasteiger partial charge is 0.396 e. The van der Waals surface area contributed by atoms with Crippen LogP contribution in [0.5, 0.6) is 0 Å². The van der Waals surface area contributed by atoms with Crippen LogP contribution in [0, 0.1) is 19.7 Å². The fraction of sp³-hybridized carbons (Fsp3) is 0.462. The normalized spacial score (nSPS) is 14.6. The molecule has 0 spiro atoms. The first kappa shape index (κ1) is 13.5. The summed E-state index contributed by atoms with van der Waals surface area (Å²) in [6, 6.07) is 3.09. The van der Waals surface area contributed by atoms with Crippen molar-refractivity contribution in [2.45, 2.75) is 33.1 Å². The Bertz CT molecular complexity index is 346. The highest BCUT2D eigenvalue weighted by atomic mass is 19.1. The maximum absolute atomic E-state index is 12.6.